The average molecular weight is 265 g/mol. The van der Waals surface area contributed by atoms with Gasteiger partial charge in [0.25, 0.3) is 0 Å². The van der Waals surface area contributed by atoms with Crippen LogP contribution in [0.2, 0.25) is 0 Å². The van der Waals surface area contributed by atoms with E-state index in [1.807, 2.05) is 13.8 Å². The minimum absolute atomic E-state index is 0.0272. The van der Waals surface area contributed by atoms with Crippen LogP contribution in [-0.4, -0.2) is 17.9 Å². The van der Waals surface area contributed by atoms with E-state index in [1.54, 1.807) is 7.05 Å². The Kier molecular flexibility index (Phi) is 4.98. The number of aliphatic hydroxyl groups excluding tert-OH is 1. The molecule has 0 aliphatic rings. The Morgan fingerprint density at radius 2 is 2.05 bits per heavy atom. The molecule has 19 heavy (non-hydrogen) atoms. The Balaban J connectivity index is 3.76. The first-order valence-corrected chi connectivity index (χ1v) is 5.90. The Morgan fingerprint density at radius 1 is 1.42 bits per heavy atom. The zero-order chi connectivity index (χ0) is 14.6. The van der Waals surface area contributed by atoms with Crippen LogP contribution >= 0.6 is 0 Å². The van der Waals surface area contributed by atoms with Crippen LogP contribution in [-0.2, 0) is 0 Å². The molecule has 0 aromatic heterocycles. The quantitative estimate of drug-likeness (QED) is 0.642. The van der Waals surface area contributed by atoms with E-state index < -0.39 is 11.6 Å². The number of halogens is 2. The maximum absolute atomic E-state index is 13.9. The van der Waals surface area contributed by atoms with Crippen LogP contribution in [0.5, 0.6) is 0 Å². The highest BCUT2D eigenvalue weighted by Crippen LogP contribution is 2.26. The summed E-state index contributed by atoms with van der Waals surface area (Å²) in [7, 11) is 1.59. The van der Waals surface area contributed by atoms with Gasteiger partial charge in [-0.25, -0.2) is 8.78 Å². The fourth-order valence-corrected chi connectivity index (χ4v) is 2.01. The summed E-state index contributed by atoms with van der Waals surface area (Å²) >= 11 is 0. The number of rotatable bonds is 4. The van der Waals surface area contributed by atoms with Crippen molar-refractivity contribution in [2.75, 3.05) is 7.05 Å². The third-order valence-electron chi connectivity index (χ3n) is 2.79. The van der Waals surface area contributed by atoms with Gasteiger partial charge in [0.2, 0.25) is 0 Å². The number of aliphatic hydroxyl groups is 1. The highest BCUT2D eigenvalue weighted by Gasteiger charge is 2.20. The van der Waals surface area contributed by atoms with Crippen molar-refractivity contribution in [3.8, 4) is 0 Å². The van der Waals surface area contributed by atoms with E-state index >= 15 is 0 Å². The van der Waals surface area contributed by atoms with Crippen molar-refractivity contribution in [1.29, 1.82) is 0 Å². The first-order valence-electron chi connectivity index (χ1n) is 5.90. The molecule has 0 fully saturated rings. The third-order valence-corrected chi connectivity index (χ3v) is 2.79. The number of aliphatic imine (C=N–C) groups is 1. The molecule has 0 atom stereocenters. The SMILES string of the molecule is C=Cc1c(F)c(F)cc(/C=C/O)c1C(=NC)C(C)C. The zero-order valence-electron chi connectivity index (χ0n) is 11.2. The normalized spacial score (nSPS) is 12.4. The molecule has 0 aliphatic carbocycles. The van der Waals surface area contributed by atoms with Crippen molar-refractivity contribution in [3.63, 3.8) is 0 Å². The number of nitrogens with zero attached hydrogens (tertiary/aromatic N) is 1. The summed E-state index contributed by atoms with van der Waals surface area (Å²) in [5, 5.41) is 8.90. The van der Waals surface area contributed by atoms with Crippen LogP contribution in [0.25, 0.3) is 12.2 Å². The van der Waals surface area contributed by atoms with Gasteiger partial charge in [-0.15, -0.1) is 0 Å². The smallest absolute Gasteiger partial charge is 0.166 e. The molecule has 4 heteroatoms. The number of hydrogen-bond donors (Lipinski definition) is 1. The van der Waals surface area contributed by atoms with Crippen molar-refractivity contribution in [2.24, 2.45) is 10.9 Å². The van der Waals surface area contributed by atoms with Crippen LogP contribution in [0.15, 0.2) is 23.9 Å². The van der Waals surface area contributed by atoms with Gasteiger partial charge in [0.15, 0.2) is 11.6 Å². The third kappa shape index (κ3) is 2.89. The summed E-state index contributed by atoms with van der Waals surface area (Å²) < 4.78 is 27.4. The standard InChI is InChI=1S/C15H17F2NO/c1-5-11-13(15(18-4)9(2)3)10(6-7-19)8-12(16)14(11)17/h5-9,19H,1H2,2-4H3/b7-6+,18-15?. The predicted octanol–water partition coefficient (Wildman–Crippen LogP) is 4.21. The van der Waals surface area contributed by atoms with Gasteiger partial charge in [0.05, 0.1) is 6.26 Å². The highest BCUT2D eigenvalue weighted by molar-refractivity contribution is 6.07. The molecule has 0 unspecified atom stereocenters. The molecule has 102 valence electrons. The second-order valence-corrected chi connectivity index (χ2v) is 4.33. The van der Waals surface area contributed by atoms with Gasteiger partial charge in [0, 0.05) is 23.9 Å². The molecule has 0 radical (unpaired) electrons. The van der Waals surface area contributed by atoms with E-state index in [4.69, 9.17) is 5.11 Å². The van der Waals surface area contributed by atoms with Gasteiger partial charge in [-0.2, -0.15) is 0 Å². The molecule has 0 amide bonds. The first-order chi connectivity index (χ1) is 8.97. The van der Waals surface area contributed by atoms with Crippen LogP contribution < -0.4 is 0 Å². The summed E-state index contributed by atoms with van der Waals surface area (Å²) in [4.78, 5) is 4.14. The average Bonchev–Trinajstić information content (AvgIpc) is 2.36. The minimum atomic E-state index is -0.981. The first kappa shape index (κ1) is 15.1. The van der Waals surface area contributed by atoms with Gasteiger partial charge >= 0.3 is 0 Å². The highest BCUT2D eigenvalue weighted by atomic mass is 19.2. The summed E-state index contributed by atoms with van der Waals surface area (Å²) in [5.41, 5.74) is 1.51. The predicted molar refractivity (Wildman–Crippen MR) is 75.4 cm³/mol. The van der Waals surface area contributed by atoms with Gasteiger partial charge < -0.3 is 5.11 Å². The molecule has 1 rings (SSSR count). The van der Waals surface area contributed by atoms with E-state index in [-0.39, 0.29) is 11.5 Å². The molecular weight excluding hydrogens is 248 g/mol. The van der Waals surface area contributed by atoms with Gasteiger partial charge in [0.1, 0.15) is 0 Å². The summed E-state index contributed by atoms with van der Waals surface area (Å²) in [6.07, 6.45) is 3.35. The van der Waals surface area contributed by atoms with E-state index in [1.165, 1.54) is 12.2 Å². The molecule has 0 aliphatic heterocycles. The van der Waals surface area contributed by atoms with Gasteiger partial charge in [-0.1, -0.05) is 26.5 Å². The number of benzene rings is 1. The molecule has 1 aromatic carbocycles. The van der Waals surface area contributed by atoms with Crippen LogP contribution in [0, 0.1) is 17.6 Å². The van der Waals surface area contributed by atoms with Crippen molar-refractivity contribution >= 4 is 17.9 Å². The molecule has 0 heterocycles. The van der Waals surface area contributed by atoms with E-state index in [0.29, 0.717) is 16.8 Å². The van der Waals surface area contributed by atoms with Gasteiger partial charge in [-0.3, -0.25) is 4.99 Å². The molecule has 1 aromatic rings. The lowest BCUT2D eigenvalue weighted by molar-refractivity contribution is 0.478. The van der Waals surface area contributed by atoms with Crippen LogP contribution in [0.4, 0.5) is 8.78 Å². The van der Waals surface area contributed by atoms with E-state index in [9.17, 15) is 8.78 Å². The van der Waals surface area contributed by atoms with Crippen molar-refractivity contribution in [3.05, 3.63) is 47.2 Å². The van der Waals surface area contributed by atoms with Crippen molar-refractivity contribution < 1.29 is 13.9 Å². The second-order valence-electron chi connectivity index (χ2n) is 4.33. The molecule has 0 spiro atoms. The summed E-state index contributed by atoms with van der Waals surface area (Å²) in [6, 6.07) is 1.04. The lowest BCUT2D eigenvalue weighted by Crippen LogP contribution is -2.15. The maximum Gasteiger partial charge on any atom is 0.166 e. The van der Waals surface area contributed by atoms with E-state index in [2.05, 4.69) is 11.6 Å². The Bertz CT molecular complexity index is 546. The number of hydrogen-bond acceptors (Lipinski definition) is 2. The molecule has 0 saturated heterocycles. The Labute approximate surface area is 111 Å². The zero-order valence-corrected chi connectivity index (χ0v) is 11.2. The largest absolute Gasteiger partial charge is 0.516 e. The van der Waals surface area contributed by atoms with Crippen molar-refractivity contribution in [1.82, 2.24) is 0 Å². The molecule has 0 saturated carbocycles. The second kappa shape index (κ2) is 6.27. The fraction of sp³-hybridized carbons (Fsp3) is 0.267. The lowest BCUT2D eigenvalue weighted by Gasteiger charge is -2.17. The van der Waals surface area contributed by atoms with Crippen LogP contribution in [0.3, 0.4) is 0 Å². The molecule has 2 nitrogen and oxygen atoms in total. The monoisotopic (exact) mass is 265 g/mol. The van der Waals surface area contributed by atoms with Gasteiger partial charge in [-0.05, 0) is 23.6 Å². The molecular formula is C15H17F2NO. The molecule has 0 bridgehead atoms. The van der Waals surface area contributed by atoms with Crippen molar-refractivity contribution in [2.45, 2.75) is 13.8 Å². The topological polar surface area (TPSA) is 32.6 Å². The maximum atomic E-state index is 13.9. The lowest BCUT2D eigenvalue weighted by atomic mass is 9.90. The minimum Gasteiger partial charge on any atom is -0.516 e. The van der Waals surface area contributed by atoms with E-state index in [0.717, 1.165) is 12.3 Å². The Hall–Kier alpha value is -1.97. The summed E-state index contributed by atoms with van der Waals surface area (Å²) in [6.45, 7) is 7.33. The summed E-state index contributed by atoms with van der Waals surface area (Å²) in [5.74, 6) is -1.91. The fourth-order valence-electron chi connectivity index (χ4n) is 2.01. The van der Waals surface area contributed by atoms with Crippen LogP contribution in [0.1, 0.15) is 30.5 Å². The molecule has 1 N–H and O–H groups in total. The Morgan fingerprint density at radius 3 is 2.47 bits per heavy atom.